The van der Waals surface area contributed by atoms with Crippen molar-refractivity contribution in [3.8, 4) is 11.1 Å². The zero-order valence-corrected chi connectivity index (χ0v) is 29.2. The topological polar surface area (TPSA) is 93.0 Å². The highest BCUT2D eigenvalue weighted by Crippen LogP contribution is 2.53. The molecule has 2 aromatic heterocycles. The summed E-state index contributed by atoms with van der Waals surface area (Å²) in [6.07, 6.45) is -6.39. The Hall–Kier alpha value is -4.87. The molecular weight excluding hydrogens is 750 g/mol. The van der Waals surface area contributed by atoms with Gasteiger partial charge in [0.05, 0.1) is 16.8 Å². The van der Waals surface area contributed by atoms with Crippen molar-refractivity contribution in [2.75, 3.05) is 31.5 Å². The first-order valence-electron chi connectivity index (χ1n) is 17.4. The maximum absolute atomic E-state index is 15.1. The molecule has 0 spiro atoms. The highest BCUT2D eigenvalue weighted by atomic mass is 19.4. The van der Waals surface area contributed by atoms with Crippen molar-refractivity contribution in [3.63, 3.8) is 0 Å². The minimum Gasteiger partial charge on any atom is -0.353 e. The van der Waals surface area contributed by atoms with Crippen LogP contribution >= 0.6 is 0 Å². The van der Waals surface area contributed by atoms with E-state index in [1.807, 2.05) is 0 Å². The van der Waals surface area contributed by atoms with E-state index in [-0.39, 0.29) is 45.0 Å². The Balaban J connectivity index is 1.43. The number of halogens is 10. The Labute approximate surface area is 307 Å². The molecule has 1 N–H and O–H groups in total. The van der Waals surface area contributed by atoms with Gasteiger partial charge in [-0.2, -0.15) is 27.1 Å². The minimum absolute atomic E-state index is 0.00561. The highest BCUT2D eigenvalue weighted by molar-refractivity contribution is 5.95. The van der Waals surface area contributed by atoms with Crippen LogP contribution in [0, 0.1) is 17.5 Å². The van der Waals surface area contributed by atoms with Gasteiger partial charge in [-0.15, -0.1) is 0 Å². The first-order chi connectivity index (χ1) is 25.8. The van der Waals surface area contributed by atoms with Crippen molar-refractivity contribution in [2.24, 2.45) is 0 Å². The van der Waals surface area contributed by atoms with Gasteiger partial charge in [-0.05, 0) is 74.7 Å². The van der Waals surface area contributed by atoms with Crippen LogP contribution in [-0.2, 0) is 35.8 Å². The van der Waals surface area contributed by atoms with Crippen LogP contribution in [0.4, 0.5) is 49.9 Å². The summed E-state index contributed by atoms with van der Waals surface area (Å²) in [5.74, 6) is -14.2. The quantitative estimate of drug-likeness (QED) is 0.108. The maximum atomic E-state index is 15.1. The summed E-state index contributed by atoms with van der Waals surface area (Å²) >= 11 is 0. The van der Waals surface area contributed by atoms with Gasteiger partial charge in [0.2, 0.25) is 5.95 Å². The molecule has 4 aromatic rings. The largest absolute Gasteiger partial charge is 0.435 e. The maximum Gasteiger partial charge on any atom is 0.435 e. The van der Waals surface area contributed by atoms with E-state index in [0.717, 1.165) is 51.1 Å². The SMILES string of the molecule is CC(=O)c1cc(-c2cnc(NCCN3CCCC3)nc2[C@@H](CC(=O)Cn2nc(C(F)(F)F)c3c2C(F)(F)CCC3(F)F)Cc2cc(F)cc(F)c2)ccc1F. The fourth-order valence-electron chi connectivity index (χ4n) is 7.14. The normalized spacial score (nSPS) is 17.2. The molecule has 6 rings (SSSR count). The third-order valence-corrected chi connectivity index (χ3v) is 9.66. The Morgan fingerprint density at radius 1 is 0.945 bits per heavy atom. The number of aromatic nitrogens is 4. The van der Waals surface area contributed by atoms with Gasteiger partial charge in [0.25, 0.3) is 11.8 Å². The Morgan fingerprint density at radius 2 is 1.62 bits per heavy atom. The molecule has 1 saturated heterocycles. The van der Waals surface area contributed by atoms with E-state index >= 15 is 8.78 Å². The standard InChI is InChI=1S/C37H34F10N6O2/c1-20(54)27-16-22(4-5-29(27)40)28-18-49-34(48-8-11-52-9-2-3-10-52)50-31(28)23(12-21-13-24(38)17-25(39)14-21)15-26(55)19-53-33-30(32(51-53)37(45,46)47)35(41,42)6-7-36(33,43)44/h4-5,13-14,16-18,23H,2-3,6-12,15,19H2,1H3,(H,48,49,50)/t23-/m1/s1. The molecule has 55 heavy (non-hydrogen) atoms. The van der Waals surface area contributed by atoms with Crippen LogP contribution in [0.15, 0.2) is 42.6 Å². The number of anilines is 1. The highest BCUT2D eigenvalue weighted by Gasteiger charge is 2.57. The van der Waals surface area contributed by atoms with Gasteiger partial charge >= 0.3 is 6.18 Å². The molecule has 0 bridgehead atoms. The lowest BCUT2D eigenvalue weighted by molar-refractivity contribution is -0.149. The summed E-state index contributed by atoms with van der Waals surface area (Å²) in [7, 11) is 0. The fraction of sp³-hybridized carbons (Fsp3) is 0.432. The minimum atomic E-state index is -5.57. The zero-order chi connectivity index (χ0) is 39.9. The van der Waals surface area contributed by atoms with Gasteiger partial charge in [-0.3, -0.25) is 14.3 Å². The average molecular weight is 785 g/mol. The lowest BCUT2D eigenvalue weighted by atomic mass is 9.86. The molecular formula is C37H34F10N6O2. The van der Waals surface area contributed by atoms with Crippen LogP contribution < -0.4 is 5.32 Å². The van der Waals surface area contributed by atoms with Crippen molar-refractivity contribution in [2.45, 2.75) is 75.9 Å². The van der Waals surface area contributed by atoms with Crippen molar-refractivity contribution >= 4 is 17.5 Å². The van der Waals surface area contributed by atoms with E-state index in [9.17, 15) is 44.7 Å². The number of hydrogen-bond donors (Lipinski definition) is 1. The summed E-state index contributed by atoms with van der Waals surface area (Å²) < 4.78 is 145. The molecule has 0 unspecified atom stereocenters. The molecule has 0 saturated carbocycles. The van der Waals surface area contributed by atoms with Gasteiger partial charge in [-0.25, -0.2) is 31.9 Å². The summed E-state index contributed by atoms with van der Waals surface area (Å²) in [6, 6.07) is 6.03. The third kappa shape index (κ3) is 8.84. The van der Waals surface area contributed by atoms with Crippen molar-refractivity contribution in [1.82, 2.24) is 24.6 Å². The number of rotatable bonds is 13. The van der Waals surface area contributed by atoms with E-state index in [1.165, 1.54) is 18.3 Å². The molecule has 2 aromatic carbocycles. The average Bonchev–Trinajstić information content (AvgIpc) is 3.76. The number of nitrogens with one attached hydrogen (secondary N) is 1. The molecule has 0 radical (unpaired) electrons. The van der Waals surface area contributed by atoms with Crippen LogP contribution in [-0.4, -0.2) is 62.4 Å². The fourth-order valence-corrected chi connectivity index (χ4v) is 7.14. The Kier molecular flexibility index (Phi) is 11.1. The number of carbonyl (C=O) groups excluding carboxylic acids is 2. The van der Waals surface area contributed by atoms with Crippen LogP contribution in [0.25, 0.3) is 11.1 Å². The monoisotopic (exact) mass is 784 g/mol. The van der Waals surface area contributed by atoms with Crippen LogP contribution in [0.2, 0.25) is 0 Å². The van der Waals surface area contributed by atoms with Gasteiger partial charge in [0, 0.05) is 56.1 Å². The van der Waals surface area contributed by atoms with Gasteiger partial charge in [0.15, 0.2) is 17.3 Å². The molecule has 2 aliphatic rings. The first-order valence-corrected chi connectivity index (χ1v) is 17.4. The second-order valence-corrected chi connectivity index (χ2v) is 13.8. The number of benzene rings is 2. The summed E-state index contributed by atoms with van der Waals surface area (Å²) in [5, 5.41) is 6.14. The van der Waals surface area contributed by atoms with E-state index in [1.54, 1.807) is 0 Å². The summed E-state index contributed by atoms with van der Waals surface area (Å²) in [4.78, 5) is 37.2. The van der Waals surface area contributed by atoms with E-state index in [0.29, 0.717) is 19.2 Å². The van der Waals surface area contributed by atoms with Crippen molar-refractivity contribution in [1.29, 1.82) is 0 Å². The van der Waals surface area contributed by atoms with Crippen molar-refractivity contribution < 1.29 is 53.5 Å². The third-order valence-electron chi connectivity index (χ3n) is 9.66. The number of hydrogen-bond acceptors (Lipinski definition) is 7. The van der Waals surface area contributed by atoms with Gasteiger partial charge in [0.1, 0.15) is 29.7 Å². The molecule has 1 aliphatic heterocycles. The van der Waals surface area contributed by atoms with Crippen LogP contribution in [0.1, 0.15) is 83.5 Å². The molecule has 1 aliphatic carbocycles. The van der Waals surface area contributed by atoms with Crippen molar-refractivity contribution in [3.05, 3.63) is 93.8 Å². The first kappa shape index (κ1) is 39.8. The summed E-state index contributed by atoms with van der Waals surface area (Å²) in [6.45, 7) is 2.58. The number of ketones is 2. The predicted octanol–water partition coefficient (Wildman–Crippen LogP) is 8.45. The Morgan fingerprint density at radius 3 is 2.27 bits per heavy atom. The lowest BCUT2D eigenvalue weighted by Gasteiger charge is -2.30. The van der Waals surface area contributed by atoms with Gasteiger partial charge in [-0.1, -0.05) is 6.07 Å². The molecule has 18 heteroatoms. The smallest absolute Gasteiger partial charge is 0.353 e. The number of Topliss-reactive ketones (excluding diaryl/α,β-unsaturated/α-hetero) is 2. The summed E-state index contributed by atoms with van der Waals surface area (Å²) in [5.41, 5.74) is -5.97. The second-order valence-electron chi connectivity index (χ2n) is 13.8. The second kappa shape index (κ2) is 15.3. The van der Waals surface area contributed by atoms with Gasteiger partial charge < -0.3 is 10.2 Å². The molecule has 8 nitrogen and oxygen atoms in total. The van der Waals surface area contributed by atoms with Crippen LogP contribution in [0.5, 0.6) is 0 Å². The van der Waals surface area contributed by atoms with Crippen LogP contribution in [0.3, 0.4) is 0 Å². The molecule has 294 valence electrons. The number of fused-ring (bicyclic) bond motifs is 1. The zero-order valence-electron chi connectivity index (χ0n) is 29.2. The molecule has 1 atom stereocenters. The number of nitrogens with zero attached hydrogens (tertiary/aromatic N) is 5. The number of likely N-dealkylation sites (tertiary alicyclic amines) is 1. The lowest BCUT2D eigenvalue weighted by Crippen LogP contribution is -2.34. The number of alkyl halides is 7. The van der Waals surface area contributed by atoms with E-state index in [4.69, 9.17) is 0 Å². The predicted molar refractivity (Wildman–Crippen MR) is 178 cm³/mol. The molecule has 1 fully saturated rings. The number of carbonyl (C=O) groups is 2. The van der Waals surface area contributed by atoms with E-state index in [2.05, 4.69) is 25.3 Å². The van der Waals surface area contributed by atoms with E-state index < -0.39 is 95.7 Å². The Bertz CT molecular complexity index is 2070. The molecule has 0 amide bonds. The molecule has 3 heterocycles.